The molecule has 100 valence electrons. The topological polar surface area (TPSA) is 49.5 Å². The lowest BCUT2D eigenvalue weighted by molar-refractivity contribution is 0.139. The van der Waals surface area contributed by atoms with Crippen LogP contribution < -0.4 is 5.73 Å². The molecular formula is C15H24N2O. The summed E-state index contributed by atoms with van der Waals surface area (Å²) < 4.78 is 0. The lowest BCUT2D eigenvalue weighted by Gasteiger charge is -2.35. The Balaban J connectivity index is 1.87. The first-order valence-electron chi connectivity index (χ1n) is 6.92. The van der Waals surface area contributed by atoms with Crippen molar-refractivity contribution in [2.24, 2.45) is 11.7 Å². The number of nitrogens with two attached hydrogens (primary N) is 1. The van der Waals surface area contributed by atoms with Crippen LogP contribution in [0.1, 0.15) is 24.8 Å². The molecule has 1 fully saturated rings. The summed E-state index contributed by atoms with van der Waals surface area (Å²) in [6.07, 6.45) is 3.15. The lowest BCUT2D eigenvalue weighted by atomic mass is 9.89. The van der Waals surface area contributed by atoms with E-state index >= 15 is 0 Å². The molecule has 0 aliphatic carbocycles. The number of aliphatic hydroxyl groups is 1. The van der Waals surface area contributed by atoms with Gasteiger partial charge < -0.3 is 10.8 Å². The Hall–Kier alpha value is -0.900. The summed E-state index contributed by atoms with van der Waals surface area (Å²) in [6, 6.07) is 10.7. The normalized spacial score (nSPS) is 22.9. The van der Waals surface area contributed by atoms with E-state index in [2.05, 4.69) is 35.2 Å². The molecule has 1 aromatic carbocycles. The summed E-state index contributed by atoms with van der Waals surface area (Å²) in [6.45, 7) is 3.45. The summed E-state index contributed by atoms with van der Waals surface area (Å²) in [5, 5.41) is 8.97. The molecule has 0 aromatic heterocycles. The lowest BCUT2D eigenvalue weighted by Crippen LogP contribution is -2.43. The van der Waals surface area contributed by atoms with Gasteiger partial charge in [-0.05, 0) is 37.3 Å². The second-order valence-electron chi connectivity index (χ2n) is 5.30. The van der Waals surface area contributed by atoms with Crippen molar-refractivity contribution in [1.29, 1.82) is 0 Å². The first-order chi connectivity index (χ1) is 8.79. The van der Waals surface area contributed by atoms with E-state index in [-0.39, 0.29) is 12.6 Å². The molecule has 1 aliphatic rings. The molecule has 0 amide bonds. The van der Waals surface area contributed by atoms with Crippen LogP contribution in [0.5, 0.6) is 0 Å². The van der Waals surface area contributed by atoms with Crippen molar-refractivity contribution in [2.75, 3.05) is 19.7 Å². The minimum absolute atomic E-state index is 0.147. The van der Waals surface area contributed by atoms with E-state index in [0.717, 1.165) is 26.1 Å². The van der Waals surface area contributed by atoms with Crippen LogP contribution in [-0.4, -0.2) is 35.7 Å². The zero-order valence-electron chi connectivity index (χ0n) is 11.0. The minimum Gasteiger partial charge on any atom is -0.396 e. The molecule has 0 bridgehead atoms. The third-order valence-electron chi connectivity index (χ3n) is 3.86. The molecule has 0 radical (unpaired) electrons. The third kappa shape index (κ3) is 3.80. The Morgan fingerprint density at radius 2 is 2.11 bits per heavy atom. The number of aliphatic hydroxyl groups excluding tert-OH is 1. The van der Waals surface area contributed by atoms with Gasteiger partial charge in [-0.1, -0.05) is 30.3 Å². The number of hydrogen-bond donors (Lipinski definition) is 2. The molecule has 2 rings (SSSR count). The Morgan fingerprint density at radius 3 is 2.83 bits per heavy atom. The fourth-order valence-corrected chi connectivity index (χ4v) is 2.81. The van der Waals surface area contributed by atoms with Crippen molar-refractivity contribution in [3.63, 3.8) is 0 Å². The van der Waals surface area contributed by atoms with Gasteiger partial charge in [0.05, 0.1) is 0 Å². The molecule has 1 heterocycles. The highest BCUT2D eigenvalue weighted by Crippen LogP contribution is 2.21. The maximum atomic E-state index is 8.97. The van der Waals surface area contributed by atoms with Crippen molar-refractivity contribution in [3.05, 3.63) is 35.9 Å². The summed E-state index contributed by atoms with van der Waals surface area (Å²) in [4.78, 5) is 2.49. The van der Waals surface area contributed by atoms with E-state index in [4.69, 9.17) is 10.8 Å². The van der Waals surface area contributed by atoms with Crippen LogP contribution in [0.3, 0.4) is 0 Å². The highest BCUT2D eigenvalue weighted by Gasteiger charge is 2.24. The van der Waals surface area contributed by atoms with Gasteiger partial charge in [0.1, 0.15) is 0 Å². The van der Waals surface area contributed by atoms with E-state index in [1.54, 1.807) is 0 Å². The summed E-state index contributed by atoms with van der Waals surface area (Å²) >= 11 is 0. The number of piperidine rings is 1. The van der Waals surface area contributed by atoms with Gasteiger partial charge in [-0.3, -0.25) is 4.90 Å². The van der Waals surface area contributed by atoms with Gasteiger partial charge >= 0.3 is 0 Å². The van der Waals surface area contributed by atoms with Crippen LogP contribution in [0.4, 0.5) is 0 Å². The first kappa shape index (κ1) is 13.5. The second kappa shape index (κ2) is 6.88. The number of rotatable bonds is 5. The van der Waals surface area contributed by atoms with Crippen LogP contribution in [0, 0.1) is 5.92 Å². The molecule has 2 atom stereocenters. The molecular weight excluding hydrogens is 224 g/mol. The SMILES string of the molecule is N[C@H](CCO)[C@@H]1CCCN(Cc2ccccc2)C1. The maximum absolute atomic E-state index is 8.97. The van der Waals surface area contributed by atoms with Crippen molar-refractivity contribution >= 4 is 0 Å². The van der Waals surface area contributed by atoms with E-state index in [9.17, 15) is 0 Å². The minimum atomic E-state index is 0.147. The fourth-order valence-electron chi connectivity index (χ4n) is 2.81. The molecule has 3 N–H and O–H groups in total. The molecule has 3 nitrogen and oxygen atoms in total. The van der Waals surface area contributed by atoms with Gasteiger partial charge in [-0.15, -0.1) is 0 Å². The Morgan fingerprint density at radius 1 is 1.33 bits per heavy atom. The zero-order valence-corrected chi connectivity index (χ0v) is 11.0. The van der Waals surface area contributed by atoms with Crippen LogP contribution in [-0.2, 0) is 6.54 Å². The molecule has 0 spiro atoms. The molecule has 1 aliphatic heterocycles. The Kier molecular flexibility index (Phi) is 5.17. The van der Waals surface area contributed by atoms with Crippen molar-refractivity contribution in [3.8, 4) is 0 Å². The van der Waals surface area contributed by atoms with Crippen molar-refractivity contribution < 1.29 is 5.11 Å². The number of nitrogens with zero attached hydrogens (tertiary/aromatic N) is 1. The molecule has 0 saturated carbocycles. The van der Waals surface area contributed by atoms with Crippen LogP contribution in [0.25, 0.3) is 0 Å². The van der Waals surface area contributed by atoms with Gasteiger partial charge in [-0.2, -0.15) is 0 Å². The largest absolute Gasteiger partial charge is 0.396 e. The Bertz CT molecular complexity index is 342. The van der Waals surface area contributed by atoms with Gasteiger partial charge in [-0.25, -0.2) is 0 Å². The predicted octanol–water partition coefficient (Wildman–Crippen LogP) is 1.61. The summed E-state index contributed by atoms with van der Waals surface area (Å²) in [5.41, 5.74) is 7.50. The standard InChI is InChI=1S/C15H24N2O/c16-15(8-10-18)14-7-4-9-17(12-14)11-13-5-2-1-3-6-13/h1-3,5-6,14-15,18H,4,7-12,16H2/t14-,15-/m1/s1. The van der Waals surface area contributed by atoms with Crippen molar-refractivity contribution in [2.45, 2.75) is 31.8 Å². The first-order valence-corrected chi connectivity index (χ1v) is 6.92. The number of hydrogen-bond acceptors (Lipinski definition) is 3. The summed E-state index contributed by atoms with van der Waals surface area (Å²) in [7, 11) is 0. The van der Waals surface area contributed by atoms with E-state index in [1.165, 1.54) is 18.4 Å². The van der Waals surface area contributed by atoms with Crippen LogP contribution >= 0.6 is 0 Å². The smallest absolute Gasteiger partial charge is 0.0445 e. The number of likely N-dealkylation sites (tertiary alicyclic amines) is 1. The van der Waals surface area contributed by atoms with E-state index < -0.39 is 0 Å². The quantitative estimate of drug-likeness (QED) is 0.832. The molecule has 0 unspecified atom stereocenters. The molecule has 18 heavy (non-hydrogen) atoms. The molecule has 1 aromatic rings. The molecule has 1 saturated heterocycles. The van der Waals surface area contributed by atoms with Crippen LogP contribution in [0.15, 0.2) is 30.3 Å². The van der Waals surface area contributed by atoms with Gasteiger partial charge in [0, 0.05) is 25.7 Å². The van der Waals surface area contributed by atoms with Crippen LogP contribution in [0.2, 0.25) is 0 Å². The van der Waals surface area contributed by atoms with E-state index in [1.807, 2.05) is 0 Å². The van der Waals surface area contributed by atoms with Crippen molar-refractivity contribution in [1.82, 2.24) is 4.90 Å². The second-order valence-corrected chi connectivity index (χ2v) is 5.30. The van der Waals surface area contributed by atoms with Gasteiger partial charge in [0.25, 0.3) is 0 Å². The maximum Gasteiger partial charge on any atom is 0.0445 e. The zero-order chi connectivity index (χ0) is 12.8. The van der Waals surface area contributed by atoms with E-state index in [0.29, 0.717) is 5.92 Å². The molecule has 3 heteroatoms. The average Bonchev–Trinajstić information content (AvgIpc) is 2.40. The van der Waals surface area contributed by atoms with Gasteiger partial charge in [0.2, 0.25) is 0 Å². The number of benzene rings is 1. The highest BCUT2D eigenvalue weighted by molar-refractivity contribution is 5.14. The average molecular weight is 248 g/mol. The van der Waals surface area contributed by atoms with Gasteiger partial charge in [0.15, 0.2) is 0 Å². The highest BCUT2D eigenvalue weighted by atomic mass is 16.3. The predicted molar refractivity (Wildman–Crippen MR) is 74.1 cm³/mol. The Labute approximate surface area is 110 Å². The summed E-state index contributed by atoms with van der Waals surface area (Å²) in [5.74, 6) is 0.537. The fraction of sp³-hybridized carbons (Fsp3) is 0.600. The third-order valence-corrected chi connectivity index (χ3v) is 3.86. The monoisotopic (exact) mass is 248 g/mol.